The number of hydrogen-bond donors (Lipinski definition) is 0. The van der Waals surface area contributed by atoms with Crippen LogP contribution >= 0.6 is 15.9 Å². The van der Waals surface area contributed by atoms with E-state index < -0.39 is 5.97 Å². The van der Waals surface area contributed by atoms with Crippen LogP contribution in [0.15, 0.2) is 10.9 Å². The standard InChI is InChI=1S/C8H11BrN2O2/c1-5(2)13-8(12)6-7(9)11(3)4-10-6/h4-5H,1-3H3. The molecule has 0 saturated heterocycles. The first-order valence-electron chi connectivity index (χ1n) is 3.90. The van der Waals surface area contributed by atoms with Gasteiger partial charge in [0.2, 0.25) is 0 Å². The molecule has 0 aliphatic heterocycles. The number of hydrogen-bond acceptors (Lipinski definition) is 3. The fourth-order valence-electron chi connectivity index (χ4n) is 0.822. The van der Waals surface area contributed by atoms with Gasteiger partial charge in [0.1, 0.15) is 4.60 Å². The van der Waals surface area contributed by atoms with Gasteiger partial charge in [0.15, 0.2) is 5.69 Å². The number of nitrogens with zero attached hydrogens (tertiary/aromatic N) is 2. The van der Waals surface area contributed by atoms with Gasteiger partial charge in [-0.2, -0.15) is 0 Å². The van der Waals surface area contributed by atoms with Crippen molar-refractivity contribution >= 4 is 21.9 Å². The minimum atomic E-state index is -0.400. The van der Waals surface area contributed by atoms with Crippen LogP contribution in [-0.2, 0) is 11.8 Å². The summed E-state index contributed by atoms with van der Waals surface area (Å²) in [7, 11) is 1.79. The molecule has 5 heteroatoms. The van der Waals surface area contributed by atoms with E-state index in [0.717, 1.165) is 0 Å². The SMILES string of the molecule is CC(C)OC(=O)c1ncn(C)c1Br. The number of carbonyl (C=O) groups is 1. The van der Waals surface area contributed by atoms with Crippen LogP contribution in [0.2, 0.25) is 0 Å². The summed E-state index contributed by atoms with van der Waals surface area (Å²) >= 11 is 3.24. The van der Waals surface area contributed by atoms with Gasteiger partial charge in [0, 0.05) is 7.05 Å². The maximum Gasteiger partial charge on any atom is 0.360 e. The summed E-state index contributed by atoms with van der Waals surface area (Å²) in [6, 6.07) is 0. The number of halogens is 1. The Morgan fingerprint density at radius 2 is 2.31 bits per heavy atom. The smallest absolute Gasteiger partial charge is 0.360 e. The molecule has 0 aromatic carbocycles. The fourth-order valence-corrected chi connectivity index (χ4v) is 1.18. The normalized spacial score (nSPS) is 10.5. The molecule has 0 N–H and O–H groups in total. The van der Waals surface area contributed by atoms with E-state index in [0.29, 0.717) is 10.3 Å². The predicted octanol–water partition coefficient (Wildman–Crippen LogP) is 1.75. The van der Waals surface area contributed by atoms with Gasteiger partial charge in [-0.1, -0.05) is 0 Å². The molecule has 0 atom stereocenters. The highest BCUT2D eigenvalue weighted by Crippen LogP contribution is 2.15. The molecule has 1 aromatic heterocycles. The zero-order valence-electron chi connectivity index (χ0n) is 7.74. The molecule has 0 unspecified atom stereocenters. The van der Waals surface area contributed by atoms with Crippen LogP contribution in [0.25, 0.3) is 0 Å². The number of aromatic nitrogens is 2. The average molecular weight is 247 g/mol. The highest BCUT2D eigenvalue weighted by atomic mass is 79.9. The predicted molar refractivity (Wildman–Crippen MR) is 51.5 cm³/mol. The van der Waals surface area contributed by atoms with Gasteiger partial charge in [-0.05, 0) is 29.8 Å². The van der Waals surface area contributed by atoms with Crippen LogP contribution in [0.5, 0.6) is 0 Å². The Balaban J connectivity index is 2.83. The summed E-state index contributed by atoms with van der Waals surface area (Å²) in [5.74, 6) is -0.400. The second-order valence-corrected chi connectivity index (χ2v) is 3.70. The lowest BCUT2D eigenvalue weighted by atomic mass is 10.4. The van der Waals surface area contributed by atoms with E-state index in [9.17, 15) is 4.79 Å². The van der Waals surface area contributed by atoms with E-state index in [4.69, 9.17) is 4.74 Å². The van der Waals surface area contributed by atoms with Crippen molar-refractivity contribution in [2.75, 3.05) is 0 Å². The molecule has 72 valence electrons. The quantitative estimate of drug-likeness (QED) is 0.748. The largest absolute Gasteiger partial charge is 0.458 e. The Morgan fingerprint density at radius 1 is 1.69 bits per heavy atom. The highest BCUT2D eigenvalue weighted by Gasteiger charge is 2.16. The molecule has 4 nitrogen and oxygen atoms in total. The molecule has 0 bridgehead atoms. The molecule has 0 saturated carbocycles. The van der Waals surface area contributed by atoms with Crippen LogP contribution in [0.3, 0.4) is 0 Å². The molecule has 0 fully saturated rings. The third kappa shape index (κ3) is 2.30. The lowest BCUT2D eigenvalue weighted by Crippen LogP contribution is -2.12. The Labute approximate surface area is 85.0 Å². The minimum Gasteiger partial charge on any atom is -0.458 e. The molecular formula is C8H11BrN2O2. The molecule has 1 aromatic rings. The van der Waals surface area contributed by atoms with Gasteiger partial charge in [-0.15, -0.1) is 0 Å². The second-order valence-electron chi connectivity index (χ2n) is 2.95. The summed E-state index contributed by atoms with van der Waals surface area (Å²) in [5.41, 5.74) is 0.316. The Hall–Kier alpha value is -0.840. The van der Waals surface area contributed by atoms with Crippen molar-refractivity contribution in [3.8, 4) is 0 Å². The maximum absolute atomic E-state index is 11.4. The van der Waals surface area contributed by atoms with Crippen molar-refractivity contribution in [2.24, 2.45) is 7.05 Å². The third-order valence-electron chi connectivity index (χ3n) is 1.40. The molecule has 13 heavy (non-hydrogen) atoms. The van der Waals surface area contributed by atoms with Crippen LogP contribution in [0.4, 0.5) is 0 Å². The van der Waals surface area contributed by atoms with Crippen molar-refractivity contribution < 1.29 is 9.53 Å². The second kappa shape index (κ2) is 3.91. The van der Waals surface area contributed by atoms with Crippen molar-refractivity contribution in [2.45, 2.75) is 20.0 Å². The van der Waals surface area contributed by atoms with Crippen LogP contribution in [-0.4, -0.2) is 21.6 Å². The molecule has 0 radical (unpaired) electrons. The van der Waals surface area contributed by atoms with Crippen LogP contribution in [0.1, 0.15) is 24.3 Å². The number of imidazole rings is 1. The van der Waals surface area contributed by atoms with Crippen molar-refractivity contribution in [3.63, 3.8) is 0 Å². The van der Waals surface area contributed by atoms with E-state index in [1.165, 1.54) is 0 Å². The Bertz CT molecular complexity index is 320. The van der Waals surface area contributed by atoms with Gasteiger partial charge >= 0.3 is 5.97 Å². The fraction of sp³-hybridized carbons (Fsp3) is 0.500. The summed E-state index contributed by atoms with van der Waals surface area (Å²) < 4.78 is 7.33. The first-order chi connectivity index (χ1) is 6.02. The van der Waals surface area contributed by atoms with E-state index in [1.54, 1.807) is 31.8 Å². The first-order valence-corrected chi connectivity index (χ1v) is 4.69. The number of ether oxygens (including phenoxy) is 1. The number of esters is 1. The third-order valence-corrected chi connectivity index (χ3v) is 2.34. The van der Waals surface area contributed by atoms with E-state index in [-0.39, 0.29) is 6.10 Å². The first kappa shape index (κ1) is 10.2. The number of rotatable bonds is 2. The zero-order chi connectivity index (χ0) is 10.0. The molecule has 0 aliphatic rings. The van der Waals surface area contributed by atoms with Crippen molar-refractivity contribution in [3.05, 3.63) is 16.6 Å². The highest BCUT2D eigenvalue weighted by molar-refractivity contribution is 9.10. The average Bonchev–Trinajstić information content (AvgIpc) is 2.31. The van der Waals surface area contributed by atoms with Gasteiger partial charge in [-0.25, -0.2) is 9.78 Å². The van der Waals surface area contributed by atoms with Gasteiger partial charge in [0.05, 0.1) is 12.4 Å². The maximum atomic E-state index is 11.4. The lowest BCUT2D eigenvalue weighted by Gasteiger charge is -2.05. The molecule has 1 rings (SSSR count). The number of carbonyl (C=O) groups excluding carboxylic acids is 1. The summed E-state index contributed by atoms with van der Waals surface area (Å²) in [6.45, 7) is 3.60. The lowest BCUT2D eigenvalue weighted by molar-refractivity contribution is 0.0370. The molecule has 0 spiro atoms. The van der Waals surface area contributed by atoms with Crippen LogP contribution < -0.4 is 0 Å². The zero-order valence-corrected chi connectivity index (χ0v) is 9.33. The van der Waals surface area contributed by atoms with Crippen molar-refractivity contribution in [1.29, 1.82) is 0 Å². The monoisotopic (exact) mass is 246 g/mol. The molecule has 0 amide bonds. The molecular weight excluding hydrogens is 236 g/mol. The molecule has 1 heterocycles. The van der Waals surface area contributed by atoms with Crippen molar-refractivity contribution in [1.82, 2.24) is 9.55 Å². The van der Waals surface area contributed by atoms with Gasteiger partial charge in [0.25, 0.3) is 0 Å². The van der Waals surface area contributed by atoms with E-state index >= 15 is 0 Å². The van der Waals surface area contributed by atoms with Crippen LogP contribution in [0, 0.1) is 0 Å². The van der Waals surface area contributed by atoms with E-state index in [2.05, 4.69) is 20.9 Å². The summed E-state index contributed by atoms with van der Waals surface area (Å²) in [4.78, 5) is 15.3. The minimum absolute atomic E-state index is 0.124. The topological polar surface area (TPSA) is 44.1 Å². The summed E-state index contributed by atoms with van der Waals surface area (Å²) in [5, 5.41) is 0. The Morgan fingerprint density at radius 3 is 2.69 bits per heavy atom. The Kier molecular flexibility index (Phi) is 3.08. The van der Waals surface area contributed by atoms with Gasteiger partial charge < -0.3 is 9.30 Å². The van der Waals surface area contributed by atoms with Gasteiger partial charge in [-0.3, -0.25) is 0 Å². The summed E-state index contributed by atoms with van der Waals surface area (Å²) in [6.07, 6.45) is 1.43. The van der Waals surface area contributed by atoms with E-state index in [1.807, 2.05) is 0 Å². The molecule has 0 aliphatic carbocycles. The number of aryl methyl sites for hydroxylation is 1.